The molecule has 0 amide bonds. The molecule has 1 aromatic rings. The molecule has 18 heavy (non-hydrogen) atoms. The van der Waals surface area contributed by atoms with E-state index in [0.717, 1.165) is 19.6 Å². The number of benzene rings is 1. The van der Waals surface area contributed by atoms with Gasteiger partial charge in [0.2, 0.25) is 0 Å². The number of likely N-dealkylation sites (N-methyl/N-ethyl adjacent to an activating group) is 1. The van der Waals surface area contributed by atoms with Crippen LogP contribution in [0.4, 0.5) is 10.1 Å². The Morgan fingerprint density at radius 3 is 2.56 bits per heavy atom. The minimum atomic E-state index is -0.383. The predicted octanol–water partition coefficient (Wildman–Crippen LogP) is 2.84. The van der Waals surface area contributed by atoms with Gasteiger partial charge in [-0.2, -0.15) is 5.26 Å². The van der Waals surface area contributed by atoms with Crippen molar-refractivity contribution in [3.05, 3.63) is 29.6 Å². The Labute approximate surface area is 108 Å². The van der Waals surface area contributed by atoms with Crippen LogP contribution in [0.3, 0.4) is 0 Å². The van der Waals surface area contributed by atoms with Gasteiger partial charge in [0.15, 0.2) is 0 Å². The third-order valence-electron chi connectivity index (χ3n) is 2.87. The largest absolute Gasteiger partial charge is 0.381 e. The molecule has 98 valence electrons. The summed E-state index contributed by atoms with van der Waals surface area (Å²) in [4.78, 5) is 2.29. The van der Waals surface area contributed by atoms with Crippen molar-refractivity contribution in [3.63, 3.8) is 0 Å². The lowest BCUT2D eigenvalue weighted by atomic mass is 10.2. The molecule has 3 nitrogen and oxygen atoms in total. The minimum Gasteiger partial charge on any atom is -0.381 e. The molecule has 4 heteroatoms. The number of rotatable bonds is 6. The highest BCUT2D eigenvalue weighted by Gasteiger charge is 2.08. The molecule has 0 spiro atoms. The summed E-state index contributed by atoms with van der Waals surface area (Å²) in [5, 5.41) is 12.0. The second kappa shape index (κ2) is 6.97. The summed E-state index contributed by atoms with van der Waals surface area (Å²) in [6.45, 7) is 9.17. The fourth-order valence-electron chi connectivity index (χ4n) is 1.94. The van der Waals surface area contributed by atoms with Gasteiger partial charge in [-0.1, -0.05) is 13.8 Å². The zero-order valence-corrected chi connectivity index (χ0v) is 11.2. The van der Waals surface area contributed by atoms with E-state index in [9.17, 15) is 4.39 Å². The highest BCUT2D eigenvalue weighted by molar-refractivity contribution is 5.50. The topological polar surface area (TPSA) is 39.1 Å². The first-order valence-corrected chi connectivity index (χ1v) is 6.28. The van der Waals surface area contributed by atoms with Crippen LogP contribution in [0.2, 0.25) is 0 Å². The zero-order chi connectivity index (χ0) is 13.5. The first kappa shape index (κ1) is 14.5. The van der Waals surface area contributed by atoms with Crippen LogP contribution in [0.25, 0.3) is 0 Å². The smallest absolute Gasteiger partial charge is 0.126 e. The summed E-state index contributed by atoms with van der Waals surface area (Å²) in [5.74, 6) is -0.383. The number of halogens is 1. The van der Waals surface area contributed by atoms with Crippen LogP contribution in [0.1, 0.15) is 26.3 Å². The number of nitrogens with one attached hydrogen (secondary N) is 1. The number of anilines is 1. The Bertz CT molecular complexity index is 422. The lowest BCUT2D eigenvalue weighted by Gasteiger charge is -2.24. The number of nitriles is 1. The standard InChI is InChI=1S/C14H20FN3/c1-4-18(5-2)10-11(3)17-14-7-12(9-16)6-13(15)8-14/h6-8,11,17H,4-5,10H2,1-3H3. The van der Waals surface area contributed by atoms with Gasteiger partial charge in [-0.15, -0.1) is 0 Å². The van der Waals surface area contributed by atoms with Crippen molar-refractivity contribution in [1.29, 1.82) is 5.26 Å². The predicted molar refractivity (Wildman–Crippen MR) is 72.0 cm³/mol. The quantitative estimate of drug-likeness (QED) is 0.842. The van der Waals surface area contributed by atoms with Gasteiger partial charge in [0, 0.05) is 18.3 Å². The van der Waals surface area contributed by atoms with Crippen LogP contribution in [-0.4, -0.2) is 30.6 Å². The van der Waals surface area contributed by atoms with Crippen molar-refractivity contribution < 1.29 is 4.39 Å². The average molecular weight is 249 g/mol. The summed E-state index contributed by atoms with van der Waals surface area (Å²) < 4.78 is 13.3. The van der Waals surface area contributed by atoms with Gasteiger partial charge in [-0.05, 0) is 38.2 Å². The minimum absolute atomic E-state index is 0.207. The normalized spacial score (nSPS) is 12.2. The fourth-order valence-corrected chi connectivity index (χ4v) is 1.94. The molecular formula is C14H20FN3. The molecule has 0 aromatic heterocycles. The molecule has 0 aliphatic carbocycles. The van der Waals surface area contributed by atoms with Gasteiger partial charge in [0.25, 0.3) is 0 Å². The highest BCUT2D eigenvalue weighted by atomic mass is 19.1. The Hall–Kier alpha value is -1.60. The molecule has 0 aliphatic rings. The summed E-state index contributed by atoms with van der Waals surface area (Å²) in [6, 6.07) is 6.48. The van der Waals surface area contributed by atoms with Crippen LogP contribution in [0.15, 0.2) is 18.2 Å². The number of nitrogens with zero attached hydrogens (tertiary/aromatic N) is 2. The maximum absolute atomic E-state index is 13.3. The number of hydrogen-bond donors (Lipinski definition) is 1. The summed E-state index contributed by atoms with van der Waals surface area (Å²) in [7, 11) is 0. The van der Waals surface area contributed by atoms with Gasteiger partial charge in [-0.3, -0.25) is 0 Å². The molecule has 0 radical (unpaired) electrons. The van der Waals surface area contributed by atoms with Gasteiger partial charge < -0.3 is 10.2 Å². The highest BCUT2D eigenvalue weighted by Crippen LogP contribution is 2.14. The van der Waals surface area contributed by atoms with Crippen LogP contribution >= 0.6 is 0 Å². The van der Waals surface area contributed by atoms with E-state index >= 15 is 0 Å². The Morgan fingerprint density at radius 1 is 1.33 bits per heavy atom. The number of hydrogen-bond acceptors (Lipinski definition) is 3. The van der Waals surface area contributed by atoms with E-state index in [1.165, 1.54) is 12.1 Å². The van der Waals surface area contributed by atoms with E-state index in [2.05, 4.69) is 31.0 Å². The zero-order valence-electron chi connectivity index (χ0n) is 11.2. The third kappa shape index (κ3) is 4.34. The molecule has 1 unspecified atom stereocenters. The van der Waals surface area contributed by atoms with Crippen LogP contribution < -0.4 is 5.32 Å². The summed E-state index contributed by atoms with van der Waals surface area (Å²) in [5.41, 5.74) is 0.999. The molecular weight excluding hydrogens is 229 g/mol. The Morgan fingerprint density at radius 2 is 2.00 bits per heavy atom. The van der Waals surface area contributed by atoms with Crippen molar-refractivity contribution >= 4 is 5.69 Å². The van der Waals surface area contributed by atoms with Gasteiger partial charge in [-0.25, -0.2) is 4.39 Å². The van der Waals surface area contributed by atoms with Crippen LogP contribution in [0.5, 0.6) is 0 Å². The molecule has 0 saturated heterocycles. The third-order valence-corrected chi connectivity index (χ3v) is 2.87. The Balaban J connectivity index is 2.67. The Kier molecular flexibility index (Phi) is 5.60. The second-order valence-electron chi connectivity index (χ2n) is 4.37. The monoisotopic (exact) mass is 249 g/mol. The van der Waals surface area contributed by atoms with Crippen molar-refractivity contribution in [1.82, 2.24) is 4.90 Å². The first-order valence-electron chi connectivity index (χ1n) is 6.28. The van der Waals surface area contributed by atoms with Gasteiger partial charge >= 0.3 is 0 Å². The maximum atomic E-state index is 13.3. The van der Waals surface area contributed by atoms with E-state index < -0.39 is 0 Å². The molecule has 1 aromatic carbocycles. The SMILES string of the molecule is CCN(CC)CC(C)Nc1cc(F)cc(C#N)c1. The molecule has 0 heterocycles. The van der Waals surface area contributed by atoms with E-state index in [1.807, 2.05) is 6.07 Å². The fraction of sp³-hybridized carbons (Fsp3) is 0.500. The molecule has 0 bridgehead atoms. The lowest BCUT2D eigenvalue weighted by Crippen LogP contribution is -2.34. The molecule has 1 rings (SSSR count). The molecule has 1 atom stereocenters. The molecule has 0 aliphatic heterocycles. The van der Waals surface area contributed by atoms with Gasteiger partial charge in [0.1, 0.15) is 5.82 Å². The van der Waals surface area contributed by atoms with Crippen molar-refractivity contribution in [2.24, 2.45) is 0 Å². The summed E-state index contributed by atoms with van der Waals surface area (Å²) >= 11 is 0. The van der Waals surface area contributed by atoms with E-state index in [-0.39, 0.29) is 11.9 Å². The van der Waals surface area contributed by atoms with Crippen molar-refractivity contribution in [3.8, 4) is 6.07 Å². The van der Waals surface area contributed by atoms with Crippen LogP contribution in [-0.2, 0) is 0 Å². The molecule has 0 saturated carbocycles. The molecule has 0 fully saturated rings. The first-order chi connectivity index (χ1) is 8.58. The van der Waals surface area contributed by atoms with Gasteiger partial charge in [0.05, 0.1) is 11.6 Å². The second-order valence-corrected chi connectivity index (χ2v) is 4.37. The van der Waals surface area contributed by atoms with Crippen molar-refractivity contribution in [2.75, 3.05) is 25.0 Å². The van der Waals surface area contributed by atoms with E-state index in [0.29, 0.717) is 11.3 Å². The average Bonchev–Trinajstić information content (AvgIpc) is 2.35. The summed E-state index contributed by atoms with van der Waals surface area (Å²) in [6.07, 6.45) is 0. The lowest BCUT2D eigenvalue weighted by molar-refractivity contribution is 0.295. The molecule has 1 N–H and O–H groups in total. The van der Waals surface area contributed by atoms with Crippen molar-refractivity contribution in [2.45, 2.75) is 26.8 Å². The maximum Gasteiger partial charge on any atom is 0.126 e. The van der Waals surface area contributed by atoms with E-state index in [1.54, 1.807) is 6.07 Å². The van der Waals surface area contributed by atoms with Crippen LogP contribution in [0, 0.1) is 17.1 Å². The van der Waals surface area contributed by atoms with E-state index in [4.69, 9.17) is 5.26 Å².